The molecule has 1 saturated heterocycles. The molecule has 0 radical (unpaired) electrons. The zero-order chi connectivity index (χ0) is 14.9. The molecule has 2 heterocycles. The normalized spacial score (nSPS) is 22.9. The lowest BCUT2D eigenvalue weighted by Crippen LogP contribution is -2.41. The van der Waals surface area contributed by atoms with E-state index in [0.29, 0.717) is 22.7 Å². The van der Waals surface area contributed by atoms with Gasteiger partial charge in [0.15, 0.2) is 0 Å². The number of nitrogens with zero attached hydrogens (tertiary/aromatic N) is 1. The predicted octanol–water partition coefficient (Wildman–Crippen LogP) is 2.81. The Morgan fingerprint density at radius 1 is 1.24 bits per heavy atom. The summed E-state index contributed by atoms with van der Waals surface area (Å²) in [7, 11) is -1.41. The van der Waals surface area contributed by atoms with Gasteiger partial charge in [-0.2, -0.15) is 4.31 Å². The molecule has 0 bridgehead atoms. The SMILES string of the molecule is CNCc1csc(S(=O)(=O)N2CCC3(CCCC3)CC2)c1. The van der Waals surface area contributed by atoms with Crippen molar-refractivity contribution in [2.75, 3.05) is 20.1 Å². The third-order valence-corrected chi connectivity index (χ3v) is 8.41. The molecule has 6 heteroatoms. The number of nitrogens with one attached hydrogen (secondary N) is 1. The molecular formula is C15H24N2O2S2. The third kappa shape index (κ3) is 3.04. The van der Waals surface area contributed by atoms with Crippen LogP contribution >= 0.6 is 11.3 Å². The highest BCUT2D eigenvalue weighted by Gasteiger charge is 2.40. The van der Waals surface area contributed by atoms with Gasteiger partial charge in [0.2, 0.25) is 0 Å². The summed E-state index contributed by atoms with van der Waals surface area (Å²) in [6.45, 7) is 2.11. The summed E-state index contributed by atoms with van der Waals surface area (Å²) in [4.78, 5) is 0. The molecule has 21 heavy (non-hydrogen) atoms. The fraction of sp³-hybridized carbons (Fsp3) is 0.733. The van der Waals surface area contributed by atoms with Crippen molar-refractivity contribution in [3.63, 3.8) is 0 Å². The number of hydrogen-bond acceptors (Lipinski definition) is 4. The molecule has 0 atom stereocenters. The van der Waals surface area contributed by atoms with Gasteiger partial charge in [0.1, 0.15) is 4.21 Å². The summed E-state index contributed by atoms with van der Waals surface area (Å²) >= 11 is 1.34. The van der Waals surface area contributed by atoms with Crippen molar-refractivity contribution in [2.24, 2.45) is 5.41 Å². The van der Waals surface area contributed by atoms with Crippen molar-refractivity contribution in [1.82, 2.24) is 9.62 Å². The maximum Gasteiger partial charge on any atom is 0.252 e. The molecule has 3 rings (SSSR count). The van der Waals surface area contributed by atoms with Crippen LogP contribution in [0.4, 0.5) is 0 Å². The van der Waals surface area contributed by atoms with Crippen molar-refractivity contribution < 1.29 is 8.42 Å². The Labute approximate surface area is 131 Å². The highest BCUT2D eigenvalue weighted by molar-refractivity contribution is 7.91. The van der Waals surface area contributed by atoms with E-state index in [1.807, 2.05) is 18.5 Å². The van der Waals surface area contributed by atoms with Crippen LogP contribution in [0.25, 0.3) is 0 Å². The number of rotatable bonds is 4. The molecule has 1 aromatic heterocycles. The van der Waals surface area contributed by atoms with Crippen LogP contribution in [0.15, 0.2) is 15.7 Å². The second kappa shape index (κ2) is 5.99. The van der Waals surface area contributed by atoms with Gasteiger partial charge in [-0.3, -0.25) is 0 Å². The quantitative estimate of drug-likeness (QED) is 0.924. The van der Waals surface area contributed by atoms with Crippen molar-refractivity contribution in [3.05, 3.63) is 17.0 Å². The van der Waals surface area contributed by atoms with E-state index in [9.17, 15) is 8.42 Å². The average Bonchev–Trinajstić information content (AvgIpc) is 3.10. The van der Waals surface area contributed by atoms with Crippen LogP contribution in [0, 0.1) is 5.41 Å². The van der Waals surface area contributed by atoms with E-state index in [0.717, 1.165) is 24.9 Å². The lowest BCUT2D eigenvalue weighted by molar-refractivity contribution is 0.160. The van der Waals surface area contributed by atoms with Gasteiger partial charge < -0.3 is 5.32 Å². The first kappa shape index (κ1) is 15.5. The number of hydrogen-bond donors (Lipinski definition) is 1. The van der Waals surface area contributed by atoms with Crippen LogP contribution in [0.3, 0.4) is 0 Å². The summed E-state index contributed by atoms with van der Waals surface area (Å²) in [5.74, 6) is 0. The van der Waals surface area contributed by atoms with E-state index in [-0.39, 0.29) is 0 Å². The summed E-state index contributed by atoms with van der Waals surface area (Å²) in [6, 6.07) is 1.82. The second-order valence-electron chi connectivity index (χ2n) is 6.42. The Kier molecular flexibility index (Phi) is 4.41. The van der Waals surface area contributed by atoms with E-state index in [1.165, 1.54) is 37.0 Å². The highest BCUT2D eigenvalue weighted by Crippen LogP contribution is 2.46. The zero-order valence-corrected chi connectivity index (χ0v) is 14.2. The Morgan fingerprint density at radius 2 is 1.90 bits per heavy atom. The molecular weight excluding hydrogens is 304 g/mol. The van der Waals surface area contributed by atoms with Crippen LogP contribution in [0.2, 0.25) is 0 Å². The van der Waals surface area contributed by atoms with Gasteiger partial charge in [0.05, 0.1) is 0 Å². The summed E-state index contributed by atoms with van der Waals surface area (Å²) in [6.07, 6.45) is 7.33. The van der Waals surface area contributed by atoms with E-state index >= 15 is 0 Å². The standard InChI is InChI=1S/C15H24N2O2S2/c1-16-11-13-10-14(20-12-13)21(18,19)17-8-6-15(7-9-17)4-2-3-5-15/h10,12,16H,2-9,11H2,1H3. The molecule has 1 spiro atoms. The second-order valence-corrected chi connectivity index (χ2v) is 9.49. The summed E-state index contributed by atoms with van der Waals surface area (Å²) in [5, 5.41) is 5.00. The van der Waals surface area contributed by atoms with Gasteiger partial charge in [-0.25, -0.2) is 8.42 Å². The fourth-order valence-electron chi connectivity index (χ4n) is 3.74. The minimum atomic E-state index is -3.28. The topological polar surface area (TPSA) is 49.4 Å². The van der Waals surface area contributed by atoms with E-state index in [1.54, 1.807) is 4.31 Å². The Hall–Kier alpha value is -0.430. The minimum Gasteiger partial charge on any atom is -0.316 e. The van der Waals surface area contributed by atoms with E-state index in [2.05, 4.69) is 5.32 Å². The lowest BCUT2D eigenvalue weighted by Gasteiger charge is -2.38. The van der Waals surface area contributed by atoms with Crippen molar-refractivity contribution in [1.29, 1.82) is 0 Å². The Morgan fingerprint density at radius 3 is 2.52 bits per heavy atom. The molecule has 1 aliphatic carbocycles. The van der Waals surface area contributed by atoms with Gasteiger partial charge in [0, 0.05) is 19.6 Å². The molecule has 4 nitrogen and oxygen atoms in total. The molecule has 2 aliphatic rings. The average molecular weight is 329 g/mol. The minimum absolute atomic E-state index is 0.457. The van der Waals surface area contributed by atoms with Gasteiger partial charge >= 0.3 is 0 Å². The zero-order valence-electron chi connectivity index (χ0n) is 12.6. The fourth-order valence-corrected chi connectivity index (χ4v) is 6.54. The maximum atomic E-state index is 12.7. The molecule has 1 saturated carbocycles. The molecule has 2 fully saturated rings. The predicted molar refractivity (Wildman–Crippen MR) is 86.0 cm³/mol. The van der Waals surface area contributed by atoms with Crippen LogP contribution < -0.4 is 5.32 Å². The highest BCUT2D eigenvalue weighted by atomic mass is 32.2. The number of sulfonamides is 1. The number of thiophene rings is 1. The number of piperidine rings is 1. The van der Waals surface area contributed by atoms with Gasteiger partial charge in [-0.05, 0) is 55.2 Å². The molecule has 1 aliphatic heterocycles. The van der Waals surface area contributed by atoms with Gasteiger partial charge in [0.25, 0.3) is 10.0 Å². The van der Waals surface area contributed by atoms with Gasteiger partial charge in [-0.1, -0.05) is 12.8 Å². The molecule has 0 amide bonds. The first-order valence-electron chi connectivity index (χ1n) is 7.78. The van der Waals surface area contributed by atoms with Crippen molar-refractivity contribution in [3.8, 4) is 0 Å². The lowest BCUT2D eigenvalue weighted by atomic mass is 9.78. The molecule has 0 unspecified atom stereocenters. The Bertz CT molecular complexity index is 579. The first-order chi connectivity index (χ1) is 10.1. The molecule has 1 N–H and O–H groups in total. The van der Waals surface area contributed by atoms with Crippen LogP contribution in [-0.2, 0) is 16.6 Å². The molecule has 0 aromatic carbocycles. The Balaban J connectivity index is 1.70. The smallest absolute Gasteiger partial charge is 0.252 e. The first-order valence-corrected chi connectivity index (χ1v) is 10.1. The van der Waals surface area contributed by atoms with Crippen LogP contribution in [0.1, 0.15) is 44.1 Å². The van der Waals surface area contributed by atoms with Crippen molar-refractivity contribution >= 4 is 21.4 Å². The van der Waals surface area contributed by atoms with Crippen LogP contribution in [0.5, 0.6) is 0 Å². The molecule has 1 aromatic rings. The summed E-state index contributed by atoms with van der Waals surface area (Å²) in [5.41, 5.74) is 1.50. The van der Waals surface area contributed by atoms with Crippen molar-refractivity contribution in [2.45, 2.75) is 49.3 Å². The van der Waals surface area contributed by atoms with Gasteiger partial charge in [-0.15, -0.1) is 11.3 Å². The van der Waals surface area contributed by atoms with E-state index < -0.39 is 10.0 Å². The maximum absolute atomic E-state index is 12.7. The van der Waals surface area contributed by atoms with Crippen LogP contribution in [-0.4, -0.2) is 32.9 Å². The molecule has 118 valence electrons. The third-order valence-electron chi connectivity index (χ3n) is 5.05. The summed E-state index contributed by atoms with van der Waals surface area (Å²) < 4.78 is 27.6. The largest absolute Gasteiger partial charge is 0.316 e. The van der Waals surface area contributed by atoms with E-state index in [4.69, 9.17) is 0 Å². The monoisotopic (exact) mass is 328 g/mol.